The van der Waals surface area contributed by atoms with E-state index in [9.17, 15) is 4.79 Å². The predicted octanol–water partition coefficient (Wildman–Crippen LogP) is 2.17. The highest BCUT2D eigenvalue weighted by Gasteiger charge is 2.22. The Labute approximate surface area is 119 Å². The predicted molar refractivity (Wildman–Crippen MR) is 75.9 cm³/mol. The zero-order chi connectivity index (χ0) is 13.9. The molecule has 0 aliphatic carbocycles. The van der Waals surface area contributed by atoms with Crippen molar-refractivity contribution in [1.29, 1.82) is 0 Å². The summed E-state index contributed by atoms with van der Waals surface area (Å²) < 4.78 is 5.40. The Bertz CT molecular complexity index is 494. The second-order valence-corrected chi connectivity index (χ2v) is 5.83. The molecule has 2 heterocycles. The molecule has 20 heavy (non-hydrogen) atoms. The van der Waals surface area contributed by atoms with Crippen LogP contribution in [0.25, 0.3) is 0 Å². The van der Waals surface area contributed by atoms with E-state index in [1.807, 2.05) is 12.1 Å². The maximum Gasteiger partial charge on any atom is 0.335 e. The molecule has 0 radical (unpaired) electrons. The lowest BCUT2D eigenvalue weighted by Crippen LogP contribution is -2.36. The summed E-state index contributed by atoms with van der Waals surface area (Å²) >= 11 is 0. The van der Waals surface area contributed by atoms with Crippen molar-refractivity contribution >= 4 is 5.97 Å². The molecule has 1 saturated heterocycles. The summed E-state index contributed by atoms with van der Waals surface area (Å²) in [5, 5.41) is 9.09. The van der Waals surface area contributed by atoms with Crippen LogP contribution in [0.15, 0.2) is 18.2 Å². The van der Waals surface area contributed by atoms with Crippen molar-refractivity contribution in [1.82, 2.24) is 4.90 Å². The standard InChI is InChI=1S/C16H21NO3/c18-16(19)14-2-1-13-3-6-17(11-15(13)9-14)10-12-4-7-20-8-5-12/h1-2,9,12H,3-8,10-11H2,(H,18,19). The number of fused-ring (bicyclic) bond motifs is 1. The normalized spacial score (nSPS) is 20.6. The summed E-state index contributed by atoms with van der Waals surface area (Å²) in [6, 6.07) is 5.54. The van der Waals surface area contributed by atoms with Crippen molar-refractivity contribution in [2.75, 3.05) is 26.3 Å². The van der Waals surface area contributed by atoms with Crippen molar-refractivity contribution in [3.8, 4) is 0 Å². The van der Waals surface area contributed by atoms with Crippen LogP contribution in [0, 0.1) is 5.92 Å². The lowest BCUT2D eigenvalue weighted by Gasteiger charge is -2.33. The van der Waals surface area contributed by atoms with Gasteiger partial charge in [-0.15, -0.1) is 0 Å². The van der Waals surface area contributed by atoms with Crippen molar-refractivity contribution in [2.45, 2.75) is 25.8 Å². The molecule has 0 spiro atoms. The molecule has 0 saturated carbocycles. The van der Waals surface area contributed by atoms with E-state index in [1.54, 1.807) is 6.07 Å². The summed E-state index contributed by atoms with van der Waals surface area (Å²) in [7, 11) is 0. The third kappa shape index (κ3) is 3.02. The lowest BCUT2D eigenvalue weighted by molar-refractivity contribution is 0.0505. The lowest BCUT2D eigenvalue weighted by atomic mass is 9.94. The average Bonchev–Trinajstić information content (AvgIpc) is 2.47. The van der Waals surface area contributed by atoms with Gasteiger partial charge in [-0.3, -0.25) is 4.90 Å². The fraction of sp³-hybridized carbons (Fsp3) is 0.562. The van der Waals surface area contributed by atoms with Crippen molar-refractivity contribution in [2.24, 2.45) is 5.92 Å². The zero-order valence-corrected chi connectivity index (χ0v) is 11.7. The first-order valence-electron chi connectivity index (χ1n) is 7.37. The van der Waals surface area contributed by atoms with Crippen LogP contribution in [0.2, 0.25) is 0 Å². The van der Waals surface area contributed by atoms with Gasteiger partial charge in [-0.25, -0.2) is 4.79 Å². The van der Waals surface area contributed by atoms with E-state index in [-0.39, 0.29) is 0 Å². The van der Waals surface area contributed by atoms with Crippen LogP contribution in [0.5, 0.6) is 0 Å². The number of carbonyl (C=O) groups is 1. The first-order chi connectivity index (χ1) is 9.72. The van der Waals surface area contributed by atoms with Gasteiger partial charge in [0, 0.05) is 32.8 Å². The van der Waals surface area contributed by atoms with E-state index >= 15 is 0 Å². The summed E-state index contributed by atoms with van der Waals surface area (Å²) in [5.41, 5.74) is 2.89. The van der Waals surface area contributed by atoms with Gasteiger partial charge in [0.15, 0.2) is 0 Å². The Morgan fingerprint density at radius 3 is 2.85 bits per heavy atom. The van der Waals surface area contributed by atoms with Crippen LogP contribution in [0.1, 0.15) is 34.3 Å². The van der Waals surface area contributed by atoms with Gasteiger partial charge < -0.3 is 9.84 Å². The second kappa shape index (κ2) is 5.94. The van der Waals surface area contributed by atoms with Crippen LogP contribution in [-0.2, 0) is 17.7 Å². The van der Waals surface area contributed by atoms with Gasteiger partial charge in [0.05, 0.1) is 5.56 Å². The summed E-state index contributed by atoms with van der Waals surface area (Å²) in [5.74, 6) is -0.109. The zero-order valence-electron chi connectivity index (χ0n) is 11.7. The number of rotatable bonds is 3. The fourth-order valence-corrected chi connectivity index (χ4v) is 3.20. The SMILES string of the molecule is O=C(O)c1ccc2c(c1)CN(CC1CCOCC1)CC2. The monoisotopic (exact) mass is 275 g/mol. The Hall–Kier alpha value is -1.39. The molecule has 108 valence electrons. The molecule has 0 bridgehead atoms. The van der Waals surface area contributed by atoms with Crippen LogP contribution < -0.4 is 0 Å². The van der Waals surface area contributed by atoms with Crippen molar-refractivity contribution in [3.05, 3.63) is 34.9 Å². The quantitative estimate of drug-likeness (QED) is 0.918. The third-order valence-corrected chi connectivity index (χ3v) is 4.40. The Morgan fingerprint density at radius 1 is 1.30 bits per heavy atom. The van der Waals surface area contributed by atoms with Gasteiger partial charge in [0.2, 0.25) is 0 Å². The minimum atomic E-state index is -0.839. The minimum absolute atomic E-state index is 0.400. The van der Waals surface area contributed by atoms with Gasteiger partial charge in [-0.05, 0) is 48.4 Å². The average molecular weight is 275 g/mol. The molecule has 2 aliphatic rings. The van der Waals surface area contributed by atoms with E-state index in [0.717, 1.165) is 58.0 Å². The molecule has 4 heteroatoms. The molecule has 1 aromatic rings. The number of ether oxygens (including phenoxy) is 1. The number of hydrogen-bond acceptors (Lipinski definition) is 3. The fourth-order valence-electron chi connectivity index (χ4n) is 3.20. The highest BCUT2D eigenvalue weighted by atomic mass is 16.5. The molecule has 1 N–H and O–H groups in total. The Morgan fingerprint density at radius 2 is 2.10 bits per heavy atom. The maximum atomic E-state index is 11.1. The number of benzene rings is 1. The smallest absolute Gasteiger partial charge is 0.335 e. The van der Waals surface area contributed by atoms with Crippen LogP contribution in [-0.4, -0.2) is 42.3 Å². The molecular formula is C16H21NO3. The maximum absolute atomic E-state index is 11.1. The van der Waals surface area contributed by atoms with E-state index < -0.39 is 5.97 Å². The van der Waals surface area contributed by atoms with Crippen molar-refractivity contribution < 1.29 is 14.6 Å². The Balaban J connectivity index is 1.67. The summed E-state index contributed by atoms with van der Waals surface area (Å²) in [4.78, 5) is 13.5. The van der Waals surface area contributed by atoms with Gasteiger partial charge in [-0.1, -0.05) is 6.07 Å². The van der Waals surface area contributed by atoms with Gasteiger partial charge >= 0.3 is 5.97 Å². The molecule has 2 aliphatic heterocycles. The molecule has 0 aromatic heterocycles. The molecule has 1 fully saturated rings. The number of aromatic carboxylic acids is 1. The molecule has 1 aromatic carbocycles. The van der Waals surface area contributed by atoms with Crippen LogP contribution in [0.3, 0.4) is 0 Å². The number of carboxylic acids is 1. The number of hydrogen-bond donors (Lipinski definition) is 1. The molecule has 4 nitrogen and oxygen atoms in total. The largest absolute Gasteiger partial charge is 0.478 e. The highest BCUT2D eigenvalue weighted by molar-refractivity contribution is 5.87. The summed E-state index contributed by atoms with van der Waals surface area (Å²) in [6.07, 6.45) is 3.33. The van der Waals surface area contributed by atoms with Gasteiger partial charge in [-0.2, -0.15) is 0 Å². The van der Waals surface area contributed by atoms with Gasteiger partial charge in [0.25, 0.3) is 0 Å². The second-order valence-electron chi connectivity index (χ2n) is 5.83. The number of nitrogens with zero attached hydrogens (tertiary/aromatic N) is 1. The molecule has 0 atom stereocenters. The number of carboxylic acid groups (broad SMARTS) is 1. The van der Waals surface area contributed by atoms with Crippen LogP contribution >= 0.6 is 0 Å². The van der Waals surface area contributed by atoms with E-state index in [2.05, 4.69) is 4.90 Å². The molecule has 0 amide bonds. The highest BCUT2D eigenvalue weighted by Crippen LogP contribution is 2.23. The van der Waals surface area contributed by atoms with E-state index in [1.165, 1.54) is 11.1 Å². The van der Waals surface area contributed by atoms with Crippen molar-refractivity contribution in [3.63, 3.8) is 0 Å². The first kappa shape index (κ1) is 13.6. The Kier molecular flexibility index (Phi) is 4.03. The summed E-state index contributed by atoms with van der Waals surface area (Å²) in [6.45, 7) is 4.85. The van der Waals surface area contributed by atoms with E-state index in [4.69, 9.17) is 9.84 Å². The van der Waals surface area contributed by atoms with Gasteiger partial charge in [0.1, 0.15) is 0 Å². The van der Waals surface area contributed by atoms with E-state index in [0.29, 0.717) is 5.56 Å². The molecule has 3 rings (SSSR count). The van der Waals surface area contributed by atoms with Crippen LogP contribution in [0.4, 0.5) is 0 Å². The first-order valence-corrected chi connectivity index (χ1v) is 7.37. The molecular weight excluding hydrogens is 254 g/mol. The third-order valence-electron chi connectivity index (χ3n) is 4.40. The molecule has 0 unspecified atom stereocenters. The minimum Gasteiger partial charge on any atom is -0.478 e. The topological polar surface area (TPSA) is 49.8 Å².